The molecule has 2 heteroatoms. The summed E-state index contributed by atoms with van der Waals surface area (Å²) in [6, 6.07) is 0.941. The van der Waals surface area contributed by atoms with Crippen molar-refractivity contribution in [3.05, 3.63) is 0 Å². The van der Waals surface area contributed by atoms with Crippen LogP contribution in [-0.4, -0.2) is 30.6 Å². The molecule has 0 aliphatic rings. The van der Waals surface area contributed by atoms with Crippen LogP contribution in [0.4, 0.5) is 0 Å². The monoisotopic (exact) mass is 200 g/mol. The molecule has 1 unspecified atom stereocenters. The second-order valence-electron chi connectivity index (χ2n) is 5.38. The summed E-state index contributed by atoms with van der Waals surface area (Å²) < 4.78 is 0. The Hall–Kier alpha value is -0.0800. The van der Waals surface area contributed by atoms with E-state index in [0.717, 1.165) is 6.54 Å². The molecule has 0 heterocycles. The molecule has 2 N–H and O–H groups in total. The van der Waals surface area contributed by atoms with Gasteiger partial charge in [0.15, 0.2) is 0 Å². The van der Waals surface area contributed by atoms with Gasteiger partial charge in [0.1, 0.15) is 0 Å². The van der Waals surface area contributed by atoms with Crippen LogP contribution in [-0.2, 0) is 0 Å². The zero-order valence-corrected chi connectivity index (χ0v) is 10.8. The summed E-state index contributed by atoms with van der Waals surface area (Å²) in [5.74, 6) is 0. The molecule has 2 nitrogen and oxygen atoms in total. The number of rotatable bonds is 5. The molecule has 0 aliphatic heterocycles. The molecule has 0 saturated heterocycles. The number of hydrogen-bond acceptors (Lipinski definition) is 2. The minimum atomic E-state index is 0.209. The summed E-state index contributed by atoms with van der Waals surface area (Å²) in [4.78, 5) is 2.40. The molecule has 0 aromatic carbocycles. The molecule has 0 fully saturated rings. The highest BCUT2D eigenvalue weighted by atomic mass is 15.1. The molecule has 0 rings (SSSR count). The second kappa shape index (κ2) is 5.72. The minimum absolute atomic E-state index is 0.209. The van der Waals surface area contributed by atoms with Crippen LogP contribution in [0, 0.1) is 5.41 Å². The summed E-state index contributed by atoms with van der Waals surface area (Å²) >= 11 is 0. The third kappa shape index (κ3) is 4.43. The Morgan fingerprint density at radius 3 is 1.86 bits per heavy atom. The molecule has 0 amide bonds. The Kier molecular flexibility index (Phi) is 5.68. The summed E-state index contributed by atoms with van der Waals surface area (Å²) in [6.45, 7) is 12.1. The lowest BCUT2D eigenvalue weighted by Crippen LogP contribution is -2.46. The van der Waals surface area contributed by atoms with E-state index in [1.54, 1.807) is 0 Å². The highest BCUT2D eigenvalue weighted by Gasteiger charge is 2.23. The highest BCUT2D eigenvalue weighted by molar-refractivity contribution is 4.81. The molecule has 0 bridgehead atoms. The van der Waals surface area contributed by atoms with Gasteiger partial charge in [-0.1, -0.05) is 34.6 Å². The SMILES string of the molecule is CCC(CC)N(C)CC(N)C(C)(C)C. The van der Waals surface area contributed by atoms with Gasteiger partial charge in [-0.25, -0.2) is 0 Å². The molecule has 0 aromatic rings. The van der Waals surface area contributed by atoms with Gasteiger partial charge in [-0.15, -0.1) is 0 Å². The lowest BCUT2D eigenvalue weighted by molar-refractivity contribution is 0.174. The Balaban J connectivity index is 4.10. The molecule has 0 aromatic heterocycles. The van der Waals surface area contributed by atoms with Gasteiger partial charge >= 0.3 is 0 Å². The summed E-state index contributed by atoms with van der Waals surface area (Å²) in [5.41, 5.74) is 6.37. The molecule has 1 atom stereocenters. The van der Waals surface area contributed by atoms with E-state index in [4.69, 9.17) is 5.73 Å². The van der Waals surface area contributed by atoms with E-state index >= 15 is 0 Å². The van der Waals surface area contributed by atoms with Gasteiger partial charge in [0.25, 0.3) is 0 Å². The predicted octanol–water partition coefficient (Wildman–Crippen LogP) is 2.48. The molecule has 0 saturated carbocycles. The van der Waals surface area contributed by atoms with Gasteiger partial charge < -0.3 is 10.6 Å². The van der Waals surface area contributed by atoms with Gasteiger partial charge in [0.05, 0.1) is 0 Å². The van der Waals surface area contributed by atoms with Crippen LogP contribution >= 0.6 is 0 Å². The van der Waals surface area contributed by atoms with E-state index in [-0.39, 0.29) is 11.5 Å². The van der Waals surface area contributed by atoms with E-state index in [9.17, 15) is 0 Å². The van der Waals surface area contributed by atoms with E-state index in [1.165, 1.54) is 12.8 Å². The average Bonchev–Trinajstić information content (AvgIpc) is 2.04. The Bertz CT molecular complexity index is 145. The minimum Gasteiger partial charge on any atom is -0.326 e. The van der Waals surface area contributed by atoms with Crippen molar-refractivity contribution in [2.75, 3.05) is 13.6 Å². The van der Waals surface area contributed by atoms with Crippen LogP contribution in [0.2, 0.25) is 0 Å². The Morgan fingerprint density at radius 1 is 1.14 bits per heavy atom. The zero-order valence-electron chi connectivity index (χ0n) is 10.8. The highest BCUT2D eigenvalue weighted by Crippen LogP contribution is 2.19. The molecule has 0 radical (unpaired) electrons. The van der Waals surface area contributed by atoms with Gasteiger partial charge in [0.2, 0.25) is 0 Å². The third-order valence-electron chi connectivity index (χ3n) is 3.16. The summed E-state index contributed by atoms with van der Waals surface area (Å²) in [5, 5.41) is 0. The normalized spacial score (nSPS) is 15.2. The van der Waals surface area contributed by atoms with Crippen LogP contribution in [0.3, 0.4) is 0 Å². The number of nitrogens with two attached hydrogens (primary N) is 1. The zero-order chi connectivity index (χ0) is 11.4. The maximum Gasteiger partial charge on any atom is 0.0217 e. The van der Waals surface area contributed by atoms with Crippen molar-refractivity contribution in [2.24, 2.45) is 11.1 Å². The molecule has 0 spiro atoms. The largest absolute Gasteiger partial charge is 0.326 e. The number of nitrogens with zero attached hydrogens (tertiary/aromatic N) is 1. The molecular weight excluding hydrogens is 172 g/mol. The number of likely N-dealkylation sites (N-methyl/N-ethyl adjacent to an activating group) is 1. The molecule has 0 aliphatic carbocycles. The van der Waals surface area contributed by atoms with Crippen LogP contribution in [0.1, 0.15) is 47.5 Å². The first-order chi connectivity index (χ1) is 6.32. The molecule has 86 valence electrons. The Morgan fingerprint density at radius 2 is 1.57 bits per heavy atom. The van der Waals surface area contributed by atoms with Crippen molar-refractivity contribution in [1.82, 2.24) is 4.90 Å². The fraction of sp³-hybridized carbons (Fsp3) is 1.00. The smallest absolute Gasteiger partial charge is 0.0217 e. The molecule has 14 heavy (non-hydrogen) atoms. The third-order valence-corrected chi connectivity index (χ3v) is 3.16. The fourth-order valence-electron chi connectivity index (χ4n) is 1.65. The number of hydrogen-bond donors (Lipinski definition) is 1. The second-order valence-corrected chi connectivity index (χ2v) is 5.38. The standard InChI is InChI=1S/C12H28N2/c1-7-10(8-2)14(6)9-11(13)12(3,4)5/h10-11H,7-9,13H2,1-6H3. The first-order valence-electron chi connectivity index (χ1n) is 5.78. The van der Waals surface area contributed by atoms with Crippen LogP contribution in [0.5, 0.6) is 0 Å². The van der Waals surface area contributed by atoms with E-state index in [1.807, 2.05) is 0 Å². The van der Waals surface area contributed by atoms with Crippen molar-refractivity contribution in [3.8, 4) is 0 Å². The lowest BCUT2D eigenvalue weighted by atomic mass is 9.87. The summed E-state index contributed by atoms with van der Waals surface area (Å²) in [7, 11) is 2.18. The fourth-order valence-corrected chi connectivity index (χ4v) is 1.65. The van der Waals surface area contributed by atoms with Crippen molar-refractivity contribution in [2.45, 2.75) is 59.5 Å². The van der Waals surface area contributed by atoms with Crippen LogP contribution in [0.25, 0.3) is 0 Å². The van der Waals surface area contributed by atoms with Gasteiger partial charge in [-0.05, 0) is 25.3 Å². The van der Waals surface area contributed by atoms with Gasteiger partial charge in [0, 0.05) is 18.6 Å². The van der Waals surface area contributed by atoms with Crippen molar-refractivity contribution in [3.63, 3.8) is 0 Å². The first-order valence-corrected chi connectivity index (χ1v) is 5.78. The summed E-state index contributed by atoms with van der Waals surface area (Å²) in [6.07, 6.45) is 2.42. The lowest BCUT2D eigenvalue weighted by Gasteiger charge is -2.34. The maximum absolute atomic E-state index is 6.16. The van der Waals surface area contributed by atoms with Crippen LogP contribution < -0.4 is 5.73 Å². The van der Waals surface area contributed by atoms with E-state index in [0.29, 0.717) is 6.04 Å². The van der Waals surface area contributed by atoms with Crippen molar-refractivity contribution >= 4 is 0 Å². The van der Waals surface area contributed by atoms with Gasteiger partial charge in [-0.2, -0.15) is 0 Å². The van der Waals surface area contributed by atoms with E-state index in [2.05, 4.69) is 46.6 Å². The van der Waals surface area contributed by atoms with Crippen LogP contribution in [0.15, 0.2) is 0 Å². The average molecular weight is 200 g/mol. The van der Waals surface area contributed by atoms with Crippen molar-refractivity contribution < 1.29 is 0 Å². The quantitative estimate of drug-likeness (QED) is 0.739. The predicted molar refractivity (Wildman–Crippen MR) is 64.4 cm³/mol. The first kappa shape index (κ1) is 13.9. The Labute approximate surface area is 89.9 Å². The molecular formula is C12H28N2. The van der Waals surface area contributed by atoms with Gasteiger partial charge in [-0.3, -0.25) is 0 Å². The maximum atomic E-state index is 6.16. The van der Waals surface area contributed by atoms with Crippen molar-refractivity contribution in [1.29, 1.82) is 0 Å². The topological polar surface area (TPSA) is 29.3 Å². The van der Waals surface area contributed by atoms with E-state index < -0.39 is 0 Å².